The minimum absolute atomic E-state index is 0.326. The molecular formula is C10H17N3O4. The average molecular weight is 243 g/mol. The summed E-state index contributed by atoms with van der Waals surface area (Å²) in [5.41, 5.74) is 5.33. The number of nitrogens with two attached hydrogens (primary N) is 1. The predicted molar refractivity (Wildman–Crippen MR) is 59.0 cm³/mol. The molecule has 2 amide bonds. The molecule has 0 saturated carbocycles. The zero-order valence-electron chi connectivity index (χ0n) is 9.44. The lowest BCUT2D eigenvalue weighted by molar-refractivity contribution is -0.143. The number of aliphatic carboxylic acids is 1. The molecule has 1 heterocycles. The second-order valence-electron chi connectivity index (χ2n) is 4.00. The van der Waals surface area contributed by atoms with E-state index in [2.05, 4.69) is 10.6 Å². The zero-order valence-corrected chi connectivity index (χ0v) is 9.44. The first kappa shape index (κ1) is 13.4. The maximum absolute atomic E-state index is 11.6. The Balaban J connectivity index is 2.46. The summed E-state index contributed by atoms with van der Waals surface area (Å²) in [6.07, 6.45) is 1.67. The molecule has 7 heteroatoms. The van der Waals surface area contributed by atoms with Gasteiger partial charge in [-0.15, -0.1) is 0 Å². The fraction of sp³-hybridized carbons (Fsp3) is 0.700. The Kier molecular flexibility index (Phi) is 4.89. The first-order valence-electron chi connectivity index (χ1n) is 5.57. The number of nitrogens with one attached hydrogen (secondary N) is 2. The lowest BCUT2D eigenvalue weighted by Crippen LogP contribution is -2.62. The van der Waals surface area contributed by atoms with Crippen LogP contribution in [0.5, 0.6) is 0 Å². The van der Waals surface area contributed by atoms with E-state index in [0.717, 1.165) is 12.8 Å². The van der Waals surface area contributed by atoms with E-state index in [1.165, 1.54) is 0 Å². The summed E-state index contributed by atoms with van der Waals surface area (Å²) in [6, 6.07) is -1.54. The van der Waals surface area contributed by atoms with Crippen molar-refractivity contribution in [2.75, 3.05) is 6.54 Å². The number of unbranched alkanes of at least 4 members (excludes halogenated alkanes) is 1. The molecule has 0 radical (unpaired) electrons. The van der Waals surface area contributed by atoms with Crippen molar-refractivity contribution in [2.24, 2.45) is 5.73 Å². The normalized spacial score (nSPS) is 24.1. The molecular weight excluding hydrogens is 226 g/mol. The third-order valence-electron chi connectivity index (χ3n) is 2.59. The quantitative estimate of drug-likeness (QED) is 0.426. The smallest absolute Gasteiger partial charge is 0.305 e. The van der Waals surface area contributed by atoms with Crippen molar-refractivity contribution in [3.63, 3.8) is 0 Å². The van der Waals surface area contributed by atoms with Gasteiger partial charge in [0.05, 0.1) is 6.42 Å². The topological polar surface area (TPSA) is 122 Å². The highest BCUT2D eigenvalue weighted by molar-refractivity contribution is 5.98. The molecule has 0 unspecified atom stereocenters. The van der Waals surface area contributed by atoms with Gasteiger partial charge >= 0.3 is 5.97 Å². The molecule has 0 aromatic rings. The van der Waals surface area contributed by atoms with Gasteiger partial charge in [0.15, 0.2) is 0 Å². The van der Waals surface area contributed by atoms with Gasteiger partial charge in [0, 0.05) is 0 Å². The monoisotopic (exact) mass is 243 g/mol. The molecule has 0 aromatic carbocycles. The number of carbonyl (C=O) groups excluding carboxylic acids is 2. The average Bonchev–Trinajstić information content (AvgIpc) is 2.24. The molecule has 5 N–H and O–H groups in total. The summed E-state index contributed by atoms with van der Waals surface area (Å²) in [5.74, 6) is -1.88. The fourth-order valence-corrected chi connectivity index (χ4v) is 1.69. The lowest BCUT2D eigenvalue weighted by atomic mass is 10.0. The van der Waals surface area contributed by atoms with Crippen molar-refractivity contribution in [1.29, 1.82) is 0 Å². The first-order valence-corrected chi connectivity index (χ1v) is 5.57. The molecule has 1 aliphatic heterocycles. The summed E-state index contributed by atoms with van der Waals surface area (Å²) in [5, 5.41) is 13.5. The Labute approximate surface area is 98.7 Å². The molecule has 17 heavy (non-hydrogen) atoms. The molecule has 96 valence electrons. The van der Waals surface area contributed by atoms with Crippen molar-refractivity contribution in [3.8, 4) is 0 Å². The van der Waals surface area contributed by atoms with Crippen LogP contribution in [0.1, 0.15) is 25.7 Å². The van der Waals surface area contributed by atoms with Crippen LogP contribution in [0.15, 0.2) is 0 Å². The van der Waals surface area contributed by atoms with Crippen molar-refractivity contribution in [2.45, 2.75) is 37.8 Å². The maximum atomic E-state index is 11.6. The Bertz CT molecular complexity index is 319. The molecule has 0 aliphatic carbocycles. The van der Waals surface area contributed by atoms with Crippen molar-refractivity contribution in [1.82, 2.24) is 10.6 Å². The van der Waals surface area contributed by atoms with Gasteiger partial charge in [0.25, 0.3) is 0 Å². The molecule has 1 fully saturated rings. The Morgan fingerprint density at radius 2 is 1.76 bits per heavy atom. The summed E-state index contributed by atoms with van der Waals surface area (Å²) in [7, 11) is 0. The van der Waals surface area contributed by atoms with Crippen LogP contribution in [0.2, 0.25) is 0 Å². The maximum Gasteiger partial charge on any atom is 0.305 e. The van der Waals surface area contributed by atoms with Crippen LogP contribution in [0.4, 0.5) is 0 Å². The van der Waals surface area contributed by atoms with Gasteiger partial charge in [-0.3, -0.25) is 14.4 Å². The first-order chi connectivity index (χ1) is 8.04. The van der Waals surface area contributed by atoms with E-state index in [1.54, 1.807) is 0 Å². The summed E-state index contributed by atoms with van der Waals surface area (Å²) in [6.45, 7) is 0.546. The molecule has 1 aliphatic rings. The molecule has 2 atom stereocenters. The number of carboxylic acid groups (broad SMARTS) is 1. The van der Waals surface area contributed by atoms with E-state index < -0.39 is 30.4 Å². The highest BCUT2D eigenvalue weighted by Gasteiger charge is 2.34. The van der Waals surface area contributed by atoms with E-state index in [9.17, 15) is 14.4 Å². The minimum Gasteiger partial charge on any atom is -0.481 e. The minimum atomic E-state index is -1.12. The summed E-state index contributed by atoms with van der Waals surface area (Å²) >= 11 is 0. The summed E-state index contributed by atoms with van der Waals surface area (Å²) < 4.78 is 0. The van der Waals surface area contributed by atoms with Gasteiger partial charge in [0.1, 0.15) is 12.1 Å². The van der Waals surface area contributed by atoms with E-state index in [0.29, 0.717) is 13.0 Å². The molecule has 0 spiro atoms. The van der Waals surface area contributed by atoms with Crippen LogP contribution in [0, 0.1) is 0 Å². The highest BCUT2D eigenvalue weighted by Crippen LogP contribution is 2.07. The van der Waals surface area contributed by atoms with E-state index in [4.69, 9.17) is 10.8 Å². The molecule has 0 bridgehead atoms. The zero-order chi connectivity index (χ0) is 12.8. The predicted octanol–water partition coefficient (Wildman–Crippen LogP) is -1.43. The number of rotatable bonds is 6. The molecule has 7 nitrogen and oxygen atoms in total. The number of carbonyl (C=O) groups is 3. The number of carboxylic acids is 1. The van der Waals surface area contributed by atoms with Gasteiger partial charge in [-0.2, -0.15) is 0 Å². The van der Waals surface area contributed by atoms with Crippen molar-refractivity contribution in [3.05, 3.63) is 0 Å². The van der Waals surface area contributed by atoms with Gasteiger partial charge in [0.2, 0.25) is 11.8 Å². The van der Waals surface area contributed by atoms with Crippen LogP contribution in [0.3, 0.4) is 0 Å². The second-order valence-corrected chi connectivity index (χ2v) is 4.00. The standard InChI is InChI=1S/C10H17N3O4/c11-4-2-1-3-6-9(16)13-7(5-8(14)15)10(17)12-6/h6-7H,1-5,11H2,(H,12,17)(H,13,16)(H,14,15)/t6-,7-/m0/s1. The van der Waals surface area contributed by atoms with Gasteiger partial charge in [-0.05, 0) is 25.8 Å². The Hall–Kier alpha value is -1.63. The number of hydrogen-bond donors (Lipinski definition) is 4. The van der Waals surface area contributed by atoms with Crippen LogP contribution < -0.4 is 16.4 Å². The van der Waals surface area contributed by atoms with Crippen molar-refractivity contribution >= 4 is 17.8 Å². The highest BCUT2D eigenvalue weighted by atomic mass is 16.4. The lowest BCUT2D eigenvalue weighted by Gasteiger charge is -2.28. The molecule has 1 rings (SSSR count). The summed E-state index contributed by atoms with van der Waals surface area (Å²) in [4.78, 5) is 33.5. The van der Waals surface area contributed by atoms with E-state index in [-0.39, 0.29) is 5.91 Å². The van der Waals surface area contributed by atoms with Crippen LogP contribution in [-0.4, -0.2) is 41.5 Å². The molecule has 1 saturated heterocycles. The largest absolute Gasteiger partial charge is 0.481 e. The Morgan fingerprint density at radius 1 is 1.18 bits per heavy atom. The van der Waals surface area contributed by atoms with Gasteiger partial charge in [-0.25, -0.2) is 0 Å². The van der Waals surface area contributed by atoms with E-state index >= 15 is 0 Å². The van der Waals surface area contributed by atoms with Gasteiger partial charge < -0.3 is 21.5 Å². The van der Waals surface area contributed by atoms with Crippen LogP contribution in [-0.2, 0) is 14.4 Å². The number of hydrogen-bond acceptors (Lipinski definition) is 4. The second kappa shape index (κ2) is 6.19. The third-order valence-corrected chi connectivity index (χ3v) is 2.59. The van der Waals surface area contributed by atoms with Gasteiger partial charge in [-0.1, -0.05) is 0 Å². The number of amides is 2. The molecule has 0 aromatic heterocycles. The van der Waals surface area contributed by atoms with Crippen molar-refractivity contribution < 1.29 is 19.5 Å². The Morgan fingerprint density at radius 3 is 2.35 bits per heavy atom. The number of piperazine rings is 1. The third kappa shape index (κ3) is 4.03. The fourth-order valence-electron chi connectivity index (χ4n) is 1.69. The van der Waals surface area contributed by atoms with E-state index in [1.807, 2.05) is 0 Å². The van der Waals surface area contributed by atoms with Crippen LogP contribution >= 0.6 is 0 Å². The van der Waals surface area contributed by atoms with Crippen LogP contribution in [0.25, 0.3) is 0 Å². The SMILES string of the molecule is NCCCC[C@@H]1NC(=O)[C@H](CC(=O)O)NC1=O.